The summed E-state index contributed by atoms with van der Waals surface area (Å²) < 4.78 is 31.7. The number of nitrogen functional groups attached to an aromatic ring is 1. The number of fused-ring (bicyclic) bond motifs is 3. The number of aryl methyl sites for hydroxylation is 2. The number of alkyl halides is 3. The zero-order chi connectivity index (χ0) is 20.2. The van der Waals surface area contributed by atoms with E-state index in [1.54, 1.807) is 11.8 Å². The molecule has 1 aliphatic rings. The fourth-order valence-corrected chi connectivity index (χ4v) is 4.83. The number of carbonyl (C=O) groups is 1. The maximum Gasteiger partial charge on any atom is 0.490 e. The van der Waals surface area contributed by atoms with Gasteiger partial charge in [-0.2, -0.15) is 13.2 Å². The van der Waals surface area contributed by atoms with E-state index in [0.717, 1.165) is 21.8 Å². The second kappa shape index (κ2) is 9.09. The minimum absolute atomic E-state index is 0.479. The number of aliphatic carboxylic acids is 1. The number of rotatable bonds is 2. The molecule has 0 amide bonds. The van der Waals surface area contributed by atoms with Gasteiger partial charge in [-0.25, -0.2) is 14.8 Å². The van der Waals surface area contributed by atoms with Crippen LogP contribution in [0.1, 0.15) is 50.0 Å². The van der Waals surface area contributed by atoms with Crippen LogP contribution >= 0.6 is 23.1 Å². The third kappa shape index (κ3) is 5.97. The van der Waals surface area contributed by atoms with Gasteiger partial charge in [-0.15, -0.1) is 11.3 Å². The average molecular weight is 422 g/mol. The van der Waals surface area contributed by atoms with Gasteiger partial charge < -0.3 is 10.8 Å². The number of anilines is 1. The number of thiophene rings is 1. The molecule has 2 heterocycles. The highest BCUT2D eigenvalue weighted by Gasteiger charge is 2.38. The quantitative estimate of drug-likeness (QED) is 0.520. The zero-order valence-electron chi connectivity index (χ0n) is 15.1. The third-order valence-corrected chi connectivity index (χ3v) is 5.96. The van der Waals surface area contributed by atoms with Gasteiger partial charge >= 0.3 is 12.1 Å². The normalized spacial score (nSPS) is 14.9. The Labute approximate surface area is 163 Å². The molecular weight excluding hydrogens is 399 g/mol. The molecule has 3 N–H and O–H groups in total. The van der Waals surface area contributed by atoms with Gasteiger partial charge in [0, 0.05) is 10.1 Å². The Hall–Kier alpha value is -1.55. The lowest BCUT2D eigenvalue weighted by molar-refractivity contribution is -0.192. The average Bonchev–Trinajstić information content (AvgIpc) is 2.83. The number of aromatic nitrogens is 2. The second-order valence-corrected chi connectivity index (χ2v) is 9.09. The molecule has 0 saturated carbocycles. The molecule has 0 spiro atoms. The van der Waals surface area contributed by atoms with E-state index in [1.165, 1.54) is 42.5 Å². The van der Waals surface area contributed by atoms with Crippen LogP contribution in [0.3, 0.4) is 0 Å². The van der Waals surface area contributed by atoms with Gasteiger partial charge in [0.25, 0.3) is 0 Å². The molecule has 0 aliphatic heterocycles. The van der Waals surface area contributed by atoms with Gasteiger partial charge in [0.05, 0.1) is 5.39 Å². The van der Waals surface area contributed by atoms with Crippen LogP contribution < -0.4 is 5.73 Å². The number of halogens is 3. The summed E-state index contributed by atoms with van der Waals surface area (Å²) >= 11 is 3.52. The van der Waals surface area contributed by atoms with Gasteiger partial charge in [0.2, 0.25) is 0 Å². The molecule has 150 valence electrons. The molecule has 5 nitrogen and oxygen atoms in total. The molecule has 0 atom stereocenters. The molecule has 0 unspecified atom stereocenters. The molecule has 0 radical (unpaired) electrons. The van der Waals surface area contributed by atoms with Gasteiger partial charge in [-0.05, 0) is 31.2 Å². The van der Waals surface area contributed by atoms with Crippen molar-refractivity contribution in [3.8, 4) is 0 Å². The van der Waals surface area contributed by atoms with Crippen molar-refractivity contribution in [3.63, 3.8) is 0 Å². The van der Waals surface area contributed by atoms with Crippen molar-refractivity contribution in [2.24, 2.45) is 0 Å². The Balaban J connectivity index is 0.000000321. The Morgan fingerprint density at radius 1 is 1.19 bits per heavy atom. The molecule has 0 saturated heterocycles. The van der Waals surface area contributed by atoms with Crippen molar-refractivity contribution in [3.05, 3.63) is 10.4 Å². The standard InChI is InChI=1S/C15H21N3S2.C2HF3O2/c1-9(2)19-15-17-13(16)12-10-7-5-3-4-6-8-11(10)20-14(12)18-15;3-2(4,5)1(6)7/h9H,3-8H2,1-2H3,(H2,16,17,18);(H,6,7). The van der Waals surface area contributed by atoms with Gasteiger partial charge in [0.1, 0.15) is 10.6 Å². The Morgan fingerprint density at radius 2 is 1.78 bits per heavy atom. The molecule has 1 aliphatic carbocycles. The molecule has 10 heteroatoms. The highest BCUT2D eigenvalue weighted by atomic mass is 32.2. The number of carboxylic acid groups (broad SMARTS) is 1. The Morgan fingerprint density at radius 3 is 2.33 bits per heavy atom. The van der Waals surface area contributed by atoms with Crippen LogP contribution in [0.2, 0.25) is 0 Å². The number of hydrogen-bond acceptors (Lipinski definition) is 6. The summed E-state index contributed by atoms with van der Waals surface area (Å²) in [5, 5.41) is 9.56. The highest BCUT2D eigenvalue weighted by molar-refractivity contribution is 7.99. The first-order valence-corrected chi connectivity index (χ1v) is 10.3. The Bertz CT molecular complexity index is 807. The summed E-state index contributed by atoms with van der Waals surface area (Å²) in [6.45, 7) is 4.31. The first-order valence-electron chi connectivity index (χ1n) is 8.64. The molecule has 3 rings (SSSR count). The molecular formula is C17H22F3N3O2S2. The zero-order valence-corrected chi connectivity index (χ0v) is 16.7. The van der Waals surface area contributed by atoms with E-state index in [0.29, 0.717) is 11.1 Å². The first kappa shape index (κ1) is 21.7. The van der Waals surface area contributed by atoms with E-state index in [9.17, 15) is 13.2 Å². The fraction of sp³-hybridized carbons (Fsp3) is 0.588. The van der Waals surface area contributed by atoms with E-state index in [2.05, 4.69) is 18.8 Å². The number of nitrogens with zero attached hydrogens (tertiary/aromatic N) is 2. The third-order valence-electron chi connectivity index (χ3n) is 3.91. The van der Waals surface area contributed by atoms with Gasteiger partial charge in [-0.1, -0.05) is 38.5 Å². The van der Waals surface area contributed by atoms with E-state index >= 15 is 0 Å². The van der Waals surface area contributed by atoms with Crippen molar-refractivity contribution in [1.82, 2.24) is 9.97 Å². The van der Waals surface area contributed by atoms with E-state index in [-0.39, 0.29) is 0 Å². The molecule has 2 aromatic heterocycles. The predicted molar refractivity (Wildman–Crippen MR) is 102 cm³/mol. The maximum atomic E-state index is 10.6. The van der Waals surface area contributed by atoms with E-state index < -0.39 is 12.1 Å². The Kier molecular flexibility index (Phi) is 7.32. The van der Waals surface area contributed by atoms with Crippen LogP contribution in [-0.2, 0) is 17.6 Å². The summed E-state index contributed by atoms with van der Waals surface area (Å²) in [4.78, 5) is 20.7. The number of thioether (sulfide) groups is 1. The van der Waals surface area contributed by atoms with Crippen LogP contribution in [0.4, 0.5) is 19.0 Å². The van der Waals surface area contributed by atoms with Gasteiger partial charge in [-0.3, -0.25) is 0 Å². The van der Waals surface area contributed by atoms with Crippen molar-refractivity contribution < 1.29 is 23.1 Å². The maximum absolute atomic E-state index is 10.6. The molecule has 0 fully saturated rings. The topological polar surface area (TPSA) is 89.1 Å². The lowest BCUT2D eigenvalue weighted by Crippen LogP contribution is -2.21. The summed E-state index contributed by atoms with van der Waals surface area (Å²) in [6.07, 6.45) is 2.48. The van der Waals surface area contributed by atoms with Crippen molar-refractivity contribution in [2.75, 3.05) is 5.73 Å². The van der Waals surface area contributed by atoms with E-state index in [1.807, 2.05) is 11.3 Å². The lowest BCUT2D eigenvalue weighted by atomic mass is 9.98. The summed E-state index contributed by atoms with van der Waals surface area (Å²) in [5.74, 6) is -2.08. The van der Waals surface area contributed by atoms with E-state index in [4.69, 9.17) is 20.6 Å². The van der Waals surface area contributed by atoms with Crippen LogP contribution in [0.25, 0.3) is 10.2 Å². The lowest BCUT2D eigenvalue weighted by Gasteiger charge is -2.10. The van der Waals surface area contributed by atoms with Crippen molar-refractivity contribution >= 4 is 45.1 Å². The monoisotopic (exact) mass is 421 g/mol. The first-order chi connectivity index (χ1) is 12.6. The van der Waals surface area contributed by atoms with Crippen LogP contribution in [0.5, 0.6) is 0 Å². The highest BCUT2D eigenvalue weighted by Crippen LogP contribution is 2.37. The summed E-state index contributed by atoms with van der Waals surface area (Å²) in [7, 11) is 0. The molecule has 2 aromatic rings. The van der Waals surface area contributed by atoms with Crippen molar-refractivity contribution in [1.29, 1.82) is 0 Å². The van der Waals surface area contributed by atoms with Crippen LogP contribution in [0.15, 0.2) is 5.16 Å². The second-order valence-electron chi connectivity index (χ2n) is 6.46. The summed E-state index contributed by atoms with van der Waals surface area (Å²) in [6, 6.07) is 0. The minimum Gasteiger partial charge on any atom is -0.475 e. The molecule has 27 heavy (non-hydrogen) atoms. The number of nitrogens with two attached hydrogens (primary N) is 1. The smallest absolute Gasteiger partial charge is 0.475 e. The minimum atomic E-state index is -5.08. The van der Waals surface area contributed by atoms with Crippen LogP contribution in [0, 0.1) is 0 Å². The van der Waals surface area contributed by atoms with Crippen molar-refractivity contribution in [2.45, 2.75) is 69.0 Å². The molecule has 0 aromatic carbocycles. The molecule has 0 bridgehead atoms. The summed E-state index contributed by atoms with van der Waals surface area (Å²) in [5.41, 5.74) is 7.67. The SMILES string of the molecule is CC(C)Sc1nc(N)c2c3c(sc2n1)CCCCCC3.O=C(O)C(F)(F)F. The number of hydrogen-bond donors (Lipinski definition) is 2. The van der Waals surface area contributed by atoms with Crippen LogP contribution in [-0.4, -0.2) is 32.5 Å². The largest absolute Gasteiger partial charge is 0.490 e. The predicted octanol–water partition coefficient (Wildman–Crippen LogP) is 5.07. The van der Waals surface area contributed by atoms with Gasteiger partial charge in [0.15, 0.2) is 5.16 Å². The fourth-order valence-electron chi connectivity index (χ4n) is 2.78. The number of carboxylic acids is 1.